The first-order valence-corrected chi connectivity index (χ1v) is 9.88. The number of hydrogen-bond acceptors (Lipinski definition) is 5. The Balaban J connectivity index is 0.00000288. The van der Waals surface area contributed by atoms with Crippen molar-refractivity contribution in [1.29, 1.82) is 0 Å². The van der Waals surface area contributed by atoms with Crippen molar-refractivity contribution in [2.24, 2.45) is 5.92 Å². The van der Waals surface area contributed by atoms with Crippen molar-refractivity contribution in [3.05, 3.63) is 23.2 Å². The number of carbonyl (C=O) groups excluding carboxylic acids is 1. The summed E-state index contributed by atoms with van der Waals surface area (Å²) in [6.07, 6.45) is 3.59. The van der Waals surface area contributed by atoms with Crippen LogP contribution in [-0.2, 0) is 14.6 Å². The van der Waals surface area contributed by atoms with Gasteiger partial charge in [-0.3, -0.25) is 4.79 Å². The van der Waals surface area contributed by atoms with Crippen LogP contribution in [0.2, 0.25) is 5.02 Å². The topological polar surface area (TPSA) is 84.5 Å². The highest BCUT2D eigenvalue weighted by Gasteiger charge is 2.20. The smallest absolute Gasteiger partial charge is 0.238 e. The number of amides is 1. The lowest BCUT2D eigenvalue weighted by Gasteiger charge is -2.13. The van der Waals surface area contributed by atoms with Gasteiger partial charge < -0.3 is 15.4 Å². The molecule has 1 amide bonds. The van der Waals surface area contributed by atoms with Crippen LogP contribution in [0.5, 0.6) is 5.75 Å². The highest BCUT2D eigenvalue weighted by molar-refractivity contribution is 7.90. The van der Waals surface area contributed by atoms with Crippen molar-refractivity contribution in [2.45, 2.75) is 12.8 Å². The van der Waals surface area contributed by atoms with Gasteiger partial charge in [0, 0.05) is 11.3 Å². The molecule has 0 unspecified atom stereocenters. The predicted octanol–water partition coefficient (Wildman–Crippen LogP) is 2.12. The maximum Gasteiger partial charge on any atom is 0.238 e. The van der Waals surface area contributed by atoms with E-state index in [1.54, 1.807) is 18.2 Å². The number of benzene rings is 1. The summed E-state index contributed by atoms with van der Waals surface area (Å²) in [7, 11) is -3.10. The molecule has 136 valence electrons. The Morgan fingerprint density at radius 3 is 2.71 bits per heavy atom. The van der Waals surface area contributed by atoms with Gasteiger partial charge in [-0.15, -0.1) is 12.4 Å². The molecule has 0 bridgehead atoms. The second kappa shape index (κ2) is 9.46. The number of nitrogens with one attached hydrogen (secondary N) is 2. The lowest BCUT2D eigenvalue weighted by molar-refractivity contribution is -0.115. The standard InChI is InChI=1S/C15H21ClN2O4S.ClH/c1-23(20,21)7-6-22-14-5-4-12(16)8-13(14)18-15(19)10-17-9-11-2-3-11;/h4-5,8,11,17H,2-3,6-7,9-10H2,1H3,(H,18,19);1H. The minimum atomic E-state index is -3.10. The Bertz CT molecular complexity index is 663. The summed E-state index contributed by atoms with van der Waals surface area (Å²) in [5.74, 6) is 0.810. The average molecular weight is 397 g/mol. The second-order valence-electron chi connectivity index (χ2n) is 5.74. The molecule has 1 saturated carbocycles. The summed E-state index contributed by atoms with van der Waals surface area (Å²) >= 11 is 5.94. The molecule has 0 heterocycles. The lowest BCUT2D eigenvalue weighted by Crippen LogP contribution is -2.29. The van der Waals surface area contributed by atoms with Gasteiger partial charge in [-0.25, -0.2) is 8.42 Å². The van der Waals surface area contributed by atoms with E-state index in [0.29, 0.717) is 22.4 Å². The molecule has 1 aromatic rings. The Morgan fingerprint density at radius 2 is 2.08 bits per heavy atom. The average Bonchev–Trinajstić information content (AvgIpc) is 3.24. The summed E-state index contributed by atoms with van der Waals surface area (Å²) in [4.78, 5) is 11.9. The highest BCUT2D eigenvalue weighted by atomic mass is 35.5. The van der Waals surface area contributed by atoms with Crippen LogP contribution in [0.15, 0.2) is 18.2 Å². The van der Waals surface area contributed by atoms with E-state index in [1.165, 1.54) is 12.8 Å². The molecule has 24 heavy (non-hydrogen) atoms. The summed E-state index contributed by atoms with van der Waals surface area (Å²) in [6, 6.07) is 4.81. The van der Waals surface area contributed by atoms with Crippen LogP contribution in [0, 0.1) is 5.92 Å². The van der Waals surface area contributed by atoms with Crippen molar-refractivity contribution in [3.8, 4) is 5.75 Å². The van der Waals surface area contributed by atoms with E-state index in [1.807, 2.05) is 0 Å². The number of carbonyl (C=O) groups is 1. The van der Waals surface area contributed by atoms with Gasteiger partial charge in [0.1, 0.15) is 12.4 Å². The molecule has 1 aliphatic rings. The van der Waals surface area contributed by atoms with Crippen LogP contribution >= 0.6 is 24.0 Å². The van der Waals surface area contributed by atoms with Gasteiger partial charge in [0.15, 0.2) is 9.84 Å². The minimum Gasteiger partial charge on any atom is -0.490 e. The first-order chi connectivity index (χ1) is 10.8. The van der Waals surface area contributed by atoms with E-state index in [4.69, 9.17) is 16.3 Å². The number of anilines is 1. The van der Waals surface area contributed by atoms with Gasteiger partial charge >= 0.3 is 0 Å². The number of halogens is 2. The van der Waals surface area contributed by atoms with Crippen molar-refractivity contribution in [1.82, 2.24) is 5.32 Å². The molecule has 0 aromatic heterocycles. The maximum absolute atomic E-state index is 11.9. The lowest BCUT2D eigenvalue weighted by atomic mass is 10.3. The monoisotopic (exact) mass is 396 g/mol. The highest BCUT2D eigenvalue weighted by Crippen LogP contribution is 2.28. The van der Waals surface area contributed by atoms with Gasteiger partial charge in [0.25, 0.3) is 0 Å². The van der Waals surface area contributed by atoms with E-state index in [9.17, 15) is 13.2 Å². The van der Waals surface area contributed by atoms with Crippen molar-refractivity contribution in [2.75, 3.05) is 37.0 Å². The van der Waals surface area contributed by atoms with Crippen LogP contribution in [0.25, 0.3) is 0 Å². The molecule has 0 radical (unpaired) electrons. The fourth-order valence-electron chi connectivity index (χ4n) is 1.93. The molecule has 0 atom stereocenters. The molecular weight excluding hydrogens is 375 g/mol. The van der Waals surface area contributed by atoms with Crippen LogP contribution in [0.3, 0.4) is 0 Å². The van der Waals surface area contributed by atoms with E-state index < -0.39 is 9.84 Å². The maximum atomic E-state index is 11.9. The number of ether oxygens (including phenoxy) is 1. The zero-order chi connectivity index (χ0) is 16.9. The molecule has 1 aliphatic carbocycles. The van der Waals surface area contributed by atoms with Gasteiger partial charge in [-0.05, 0) is 43.5 Å². The molecule has 1 aromatic carbocycles. The predicted molar refractivity (Wildman–Crippen MR) is 98.1 cm³/mol. The zero-order valence-corrected chi connectivity index (χ0v) is 15.8. The first-order valence-electron chi connectivity index (χ1n) is 7.44. The Morgan fingerprint density at radius 1 is 1.38 bits per heavy atom. The van der Waals surface area contributed by atoms with Crippen LogP contribution in [0.1, 0.15) is 12.8 Å². The zero-order valence-electron chi connectivity index (χ0n) is 13.4. The summed E-state index contributed by atoms with van der Waals surface area (Å²) < 4.78 is 27.7. The third kappa shape index (κ3) is 8.19. The van der Waals surface area contributed by atoms with E-state index in [0.717, 1.165) is 12.8 Å². The van der Waals surface area contributed by atoms with Crippen molar-refractivity contribution in [3.63, 3.8) is 0 Å². The molecule has 0 spiro atoms. The third-order valence-corrected chi connectivity index (χ3v) is 4.49. The number of rotatable bonds is 9. The van der Waals surface area contributed by atoms with E-state index >= 15 is 0 Å². The summed E-state index contributed by atoms with van der Waals surface area (Å²) in [5.41, 5.74) is 0.434. The third-order valence-electron chi connectivity index (χ3n) is 3.34. The van der Waals surface area contributed by atoms with E-state index in [2.05, 4.69) is 10.6 Å². The first kappa shape index (κ1) is 21.0. The quantitative estimate of drug-likeness (QED) is 0.667. The summed E-state index contributed by atoms with van der Waals surface area (Å²) in [6.45, 7) is 1.08. The molecule has 9 heteroatoms. The number of sulfone groups is 1. The van der Waals surface area contributed by atoms with Crippen molar-refractivity contribution >= 4 is 45.4 Å². The second-order valence-corrected chi connectivity index (χ2v) is 8.44. The molecule has 2 N–H and O–H groups in total. The molecular formula is C15H22Cl2N2O4S. The van der Waals surface area contributed by atoms with Crippen LogP contribution < -0.4 is 15.4 Å². The number of hydrogen-bond donors (Lipinski definition) is 2. The Labute approximate surface area is 153 Å². The fourth-order valence-corrected chi connectivity index (χ4v) is 2.49. The van der Waals surface area contributed by atoms with Crippen LogP contribution in [0.4, 0.5) is 5.69 Å². The molecule has 1 fully saturated rings. The largest absolute Gasteiger partial charge is 0.490 e. The Hall–Kier alpha value is -1.02. The fraction of sp³-hybridized carbons (Fsp3) is 0.533. The molecule has 6 nitrogen and oxygen atoms in total. The van der Waals surface area contributed by atoms with Gasteiger partial charge in [-0.1, -0.05) is 11.6 Å². The van der Waals surface area contributed by atoms with Gasteiger partial charge in [-0.2, -0.15) is 0 Å². The summed E-state index contributed by atoms with van der Waals surface area (Å²) in [5, 5.41) is 6.29. The van der Waals surface area contributed by atoms with E-state index in [-0.39, 0.29) is 37.2 Å². The Kier molecular flexibility index (Phi) is 8.29. The molecule has 0 saturated heterocycles. The molecule has 0 aliphatic heterocycles. The molecule has 2 rings (SSSR count). The van der Waals surface area contributed by atoms with Gasteiger partial charge in [0.05, 0.1) is 18.0 Å². The van der Waals surface area contributed by atoms with Gasteiger partial charge in [0.2, 0.25) is 5.91 Å². The van der Waals surface area contributed by atoms with Crippen molar-refractivity contribution < 1.29 is 17.9 Å². The normalized spacial score (nSPS) is 13.9. The van der Waals surface area contributed by atoms with Crippen LogP contribution in [-0.4, -0.2) is 46.0 Å². The SMILES string of the molecule is CS(=O)(=O)CCOc1ccc(Cl)cc1NC(=O)CNCC1CC1.Cl. The minimum absolute atomic E-state index is 0.